The Morgan fingerprint density at radius 1 is 0.500 bits per heavy atom. The molecule has 0 heterocycles. The quantitative estimate of drug-likeness (QED) is 0.0798. The molecule has 2 aromatic rings. The summed E-state index contributed by atoms with van der Waals surface area (Å²) in [4.78, 5) is 0. The maximum absolute atomic E-state index is 13.0. The van der Waals surface area contributed by atoms with Crippen molar-refractivity contribution >= 4 is 8.25 Å². The first-order chi connectivity index (χ1) is 20.6. The lowest BCUT2D eigenvalue weighted by Crippen LogP contribution is -2.05. The zero-order valence-corrected chi connectivity index (χ0v) is 28.6. The van der Waals surface area contributed by atoms with E-state index in [1.54, 1.807) is 0 Å². The Labute approximate surface area is 260 Å². The van der Waals surface area contributed by atoms with Crippen molar-refractivity contribution < 1.29 is 13.6 Å². The molecule has 0 radical (unpaired) electrons. The molecule has 0 aliphatic rings. The fourth-order valence-electron chi connectivity index (χ4n) is 6.24. The zero-order chi connectivity index (χ0) is 30.3. The molecule has 2 aromatic carbocycles. The van der Waals surface area contributed by atoms with E-state index in [2.05, 4.69) is 76.2 Å². The van der Waals surface area contributed by atoms with Crippen molar-refractivity contribution in [2.75, 3.05) is 0 Å². The van der Waals surface area contributed by atoms with Crippen LogP contribution in [0.2, 0.25) is 0 Å². The second kappa shape index (κ2) is 24.0. The Hall–Kier alpha value is -1.41. The summed E-state index contributed by atoms with van der Waals surface area (Å²) in [6.45, 7) is 9.80. The van der Waals surface area contributed by atoms with E-state index in [-0.39, 0.29) is 0 Å². The highest BCUT2D eigenvalue weighted by Gasteiger charge is 2.17. The van der Waals surface area contributed by atoms with Gasteiger partial charge in [0.25, 0.3) is 0 Å². The molecule has 3 nitrogen and oxygen atoms in total. The molecule has 4 heteroatoms. The van der Waals surface area contributed by atoms with E-state index in [4.69, 9.17) is 9.05 Å². The number of hydrogen-bond acceptors (Lipinski definition) is 3. The van der Waals surface area contributed by atoms with Gasteiger partial charge in [0.05, 0.1) is 13.2 Å². The van der Waals surface area contributed by atoms with Crippen LogP contribution in [-0.4, -0.2) is 0 Å². The van der Waals surface area contributed by atoms with Crippen molar-refractivity contribution in [3.8, 4) is 0 Å². The molecule has 0 aromatic heterocycles. The molecule has 0 N–H and O–H groups in total. The number of unbranched alkanes of at least 4 members (excludes halogenated alkanes) is 10. The van der Waals surface area contributed by atoms with Gasteiger partial charge in [-0.25, -0.2) is 0 Å². The maximum atomic E-state index is 13.0. The lowest BCUT2D eigenvalue weighted by atomic mass is 9.86. The van der Waals surface area contributed by atoms with Crippen molar-refractivity contribution in [2.24, 2.45) is 0 Å². The van der Waals surface area contributed by atoms with Gasteiger partial charge in [-0.3, -0.25) is 4.57 Å². The van der Waals surface area contributed by atoms with Crippen LogP contribution in [0, 0.1) is 0 Å². The van der Waals surface area contributed by atoms with Gasteiger partial charge in [-0.15, -0.1) is 0 Å². The van der Waals surface area contributed by atoms with Crippen LogP contribution in [-0.2, 0) is 26.8 Å². The number of hydrogen-bond donors (Lipinski definition) is 0. The highest BCUT2D eigenvalue weighted by Crippen LogP contribution is 2.36. The number of benzene rings is 2. The summed E-state index contributed by atoms with van der Waals surface area (Å²) in [6.07, 6.45) is 22.9. The van der Waals surface area contributed by atoms with Gasteiger partial charge < -0.3 is 9.05 Å². The van der Waals surface area contributed by atoms with Gasteiger partial charge >= 0.3 is 8.25 Å². The van der Waals surface area contributed by atoms with Gasteiger partial charge in [0.15, 0.2) is 0 Å². The minimum Gasteiger partial charge on any atom is -0.306 e. The van der Waals surface area contributed by atoms with Gasteiger partial charge in [-0.2, -0.15) is 0 Å². The molecule has 0 amide bonds. The van der Waals surface area contributed by atoms with Crippen LogP contribution < -0.4 is 0 Å². The molecule has 0 aliphatic carbocycles. The third-order valence-electron chi connectivity index (χ3n) is 8.81. The Balaban J connectivity index is 1.98. The molecule has 0 spiro atoms. The van der Waals surface area contributed by atoms with Gasteiger partial charge in [0.2, 0.25) is 0 Å². The molecule has 0 saturated carbocycles. The van der Waals surface area contributed by atoms with Gasteiger partial charge in [0.1, 0.15) is 0 Å². The van der Waals surface area contributed by atoms with E-state index in [1.807, 2.05) is 0 Å². The molecule has 42 heavy (non-hydrogen) atoms. The monoisotopic (exact) mass is 598 g/mol. The first kappa shape index (κ1) is 36.8. The van der Waals surface area contributed by atoms with Crippen LogP contribution in [0.1, 0.15) is 177 Å². The van der Waals surface area contributed by atoms with Crippen LogP contribution >= 0.6 is 8.25 Å². The maximum Gasteiger partial charge on any atom is 0.319 e. The standard InChI is InChI=1S/C38H63O3P/c1-5-9-13-15-17-25-33(23-11-7-3)37-29-21-19-27-35(37)31-40-42(39)41-32-36-28-20-22-30-38(36)34(24-12-8-4)26-18-16-14-10-6-2/h19-22,27-30,33-34,42H,5-18,23-26,31-32H2,1-4H3. The summed E-state index contributed by atoms with van der Waals surface area (Å²) in [5.41, 5.74) is 5.08. The highest BCUT2D eigenvalue weighted by molar-refractivity contribution is 7.33. The zero-order valence-electron chi connectivity index (χ0n) is 27.6. The number of rotatable bonds is 26. The molecule has 0 bridgehead atoms. The van der Waals surface area contributed by atoms with E-state index < -0.39 is 8.25 Å². The summed E-state index contributed by atoms with van der Waals surface area (Å²) in [5.74, 6) is 1.09. The van der Waals surface area contributed by atoms with E-state index in [9.17, 15) is 4.57 Å². The average Bonchev–Trinajstić information content (AvgIpc) is 3.02. The molecule has 0 saturated heterocycles. The third-order valence-corrected chi connectivity index (χ3v) is 9.57. The van der Waals surface area contributed by atoms with Crippen LogP contribution in [0.15, 0.2) is 48.5 Å². The molecule has 238 valence electrons. The molecule has 0 aliphatic heterocycles. The minimum absolute atomic E-state index is 0.352. The fraction of sp³-hybridized carbons (Fsp3) is 0.684. The van der Waals surface area contributed by atoms with Gasteiger partial charge in [-0.1, -0.05) is 166 Å². The second-order valence-corrected chi connectivity index (χ2v) is 13.4. The van der Waals surface area contributed by atoms with E-state index in [0.717, 1.165) is 11.1 Å². The van der Waals surface area contributed by atoms with Crippen LogP contribution in [0.4, 0.5) is 0 Å². The third kappa shape index (κ3) is 14.9. The van der Waals surface area contributed by atoms with Gasteiger partial charge in [-0.05, 0) is 59.8 Å². The van der Waals surface area contributed by atoms with Crippen molar-refractivity contribution in [3.05, 3.63) is 70.8 Å². The Morgan fingerprint density at radius 2 is 0.857 bits per heavy atom. The Kier molecular flexibility index (Phi) is 21.0. The summed E-state index contributed by atoms with van der Waals surface area (Å²) in [7, 11) is -2.61. The lowest BCUT2D eigenvalue weighted by Gasteiger charge is -2.21. The smallest absolute Gasteiger partial charge is 0.306 e. The van der Waals surface area contributed by atoms with E-state index >= 15 is 0 Å². The van der Waals surface area contributed by atoms with Crippen molar-refractivity contribution in [3.63, 3.8) is 0 Å². The molecule has 2 unspecified atom stereocenters. The summed E-state index contributed by atoms with van der Waals surface area (Å²) >= 11 is 0. The first-order valence-electron chi connectivity index (χ1n) is 17.6. The van der Waals surface area contributed by atoms with Crippen LogP contribution in [0.25, 0.3) is 0 Å². The van der Waals surface area contributed by atoms with Crippen LogP contribution in [0.5, 0.6) is 0 Å². The highest BCUT2D eigenvalue weighted by atomic mass is 31.1. The molecule has 2 rings (SSSR count). The molecular formula is C38H63O3P. The lowest BCUT2D eigenvalue weighted by molar-refractivity contribution is 0.211. The molecule has 2 atom stereocenters. The summed E-state index contributed by atoms with van der Waals surface area (Å²) < 4.78 is 24.8. The summed E-state index contributed by atoms with van der Waals surface area (Å²) in [5, 5.41) is 0. The Morgan fingerprint density at radius 3 is 1.26 bits per heavy atom. The van der Waals surface area contributed by atoms with Crippen molar-refractivity contribution in [1.82, 2.24) is 0 Å². The normalized spacial score (nSPS) is 13.7. The minimum atomic E-state index is -2.61. The second-order valence-electron chi connectivity index (χ2n) is 12.3. The predicted molar refractivity (Wildman–Crippen MR) is 183 cm³/mol. The van der Waals surface area contributed by atoms with E-state index in [0.29, 0.717) is 25.0 Å². The Bertz CT molecular complexity index is 883. The predicted octanol–water partition coefficient (Wildman–Crippen LogP) is 13.1. The van der Waals surface area contributed by atoms with E-state index in [1.165, 1.54) is 127 Å². The van der Waals surface area contributed by atoms with Crippen molar-refractivity contribution in [1.29, 1.82) is 0 Å². The fourth-order valence-corrected chi connectivity index (χ4v) is 6.87. The molecular weight excluding hydrogens is 535 g/mol. The van der Waals surface area contributed by atoms with Crippen LogP contribution in [0.3, 0.4) is 0 Å². The molecule has 0 fully saturated rings. The first-order valence-corrected chi connectivity index (χ1v) is 18.8. The average molecular weight is 599 g/mol. The van der Waals surface area contributed by atoms with Crippen molar-refractivity contribution in [2.45, 2.75) is 168 Å². The topological polar surface area (TPSA) is 35.5 Å². The summed E-state index contributed by atoms with van der Waals surface area (Å²) in [6, 6.07) is 17.3. The SMILES string of the molecule is CCCCCCCC(CCCC)c1ccccc1CO[PH](=O)OCc1ccccc1C(CCCC)CCCCCCC. The van der Waals surface area contributed by atoms with Gasteiger partial charge in [0, 0.05) is 0 Å². The largest absolute Gasteiger partial charge is 0.319 e.